The minimum atomic E-state index is -0.324. The van der Waals surface area contributed by atoms with E-state index in [2.05, 4.69) is 32.0 Å². The van der Waals surface area contributed by atoms with Crippen LogP contribution in [0.3, 0.4) is 0 Å². The second-order valence-corrected chi connectivity index (χ2v) is 8.28. The standard InChI is InChI=1S/C24H23ClN6O2/c1-17(22-27-28-23(33-22)18-8-4-2-5-9-18)29-12-14-30(15-13-29)20-16-26-31(24(32)21(20)25)19-10-6-3-7-11-19/h2-11,16-17H,12-15H2,1H3/t17-/m1/s1. The fourth-order valence-corrected chi connectivity index (χ4v) is 4.25. The number of hydrogen-bond donors (Lipinski definition) is 0. The highest BCUT2D eigenvalue weighted by molar-refractivity contribution is 6.33. The summed E-state index contributed by atoms with van der Waals surface area (Å²) in [7, 11) is 0. The number of aromatic nitrogens is 4. The van der Waals surface area contributed by atoms with Crippen LogP contribution in [0.25, 0.3) is 17.1 Å². The first-order chi connectivity index (χ1) is 16.1. The van der Waals surface area contributed by atoms with E-state index in [1.165, 1.54) is 4.68 Å². The van der Waals surface area contributed by atoms with E-state index in [0.29, 0.717) is 36.2 Å². The molecule has 1 aliphatic rings. The largest absolute Gasteiger partial charge is 0.419 e. The fourth-order valence-electron chi connectivity index (χ4n) is 4.00. The van der Waals surface area contributed by atoms with Crippen molar-refractivity contribution >= 4 is 17.3 Å². The van der Waals surface area contributed by atoms with Crippen LogP contribution in [0.1, 0.15) is 18.9 Å². The Labute approximate surface area is 196 Å². The van der Waals surface area contributed by atoms with E-state index in [1.54, 1.807) is 6.20 Å². The van der Waals surface area contributed by atoms with Crippen LogP contribution in [0.15, 0.2) is 76.1 Å². The van der Waals surface area contributed by atoms with Gasteiger partial charge in [0.05, 0.1) is 23.6 Å². The van der Waals surface area contributed by atoms with Crippen molar-refractivity contribution in [3.05, 3.63) is 88.1 Å². The van der Waals surface area contributed by atoms with Crippen molar-refractivity contribution in [2.45, 2.75) is 13.0 Å². The summed E-state index contributed by atoms with van der Waals surface area (Å²) in [5.41, 5.74) is 1.92. The van der Waals surface area contributed by atoms with Crippen molar-refractivity contribution in [2.75, 3.05) is 31.1 Å². The first kappa shape index (κ1) is 21.4. The van der Waals surface area contributed by atoms with E-state index < -0.39 is 0 Å². The van der Waals surface area contributed by atoms with Gasteiger partial charge in [0.2, 0.25) is 11.8 Å². The number of para-hydroxylation sites is 1. The first-order valence-electron chi connectivity index (χ1n) is 10.8. The van der Waals surface area contributed by atoms with Crippen LogP contribution in [0.2, 0.25) is 5.02 Å². The monoisotopic (exact) mass is 462 g/mol. The van der Waals surface area contributed by atoms with Gasteiger partial charge in [0.15, 0.2) is 0 Å². The number of halogens is 1. The summed E-state index contributed by atoms with van der Waals surface area (Å²) in [6, 6.07) is 19.0. The van der Waals surface area contributed by atoms with E-state index in [9.17, 15) is 4.79 Å². The molecule has 1 aliphatic heterocycles. The Balaban J connectivity index is 1.27. The number of rotatable bonds is 5. The van der Waals surface area contributed by atoms with Gasteiger partial charge in [-0.1, -0.05) is 48.0 Å². The van der Waals surface area contributed by atoms with E-state index in [0.717, 1.165) is 18.7 Å². The molecule has 1 atom stereocenters. The molecule has 1 saturated heterocycles. The molecule has 9 heteroatoms. The Morgan fingerprint density at radius 2 is 1.61 bits per heavy atom. The average molecular weight is 463 g/mol. The molecule has 0 bridgehead atoms. The van der Waals surface area contributed by atoms with Gasteiger partial charge in [0, 0.05) is 31.7 Å². The maximum absolute atomic E-state index is 12.8. The Morgan fingerprint density at radius 1 is 0.939 bits per heavy atom. The lowest BCUT2D eigenvalue weighted by Gasteiger charge is -2.38. The second-order valence-electron chi connectivity index (χ2n) is 7.91. The number of hydrogen-bond acceptors (Lipinski definition) is 7. The zero-order valence-electron chi connectivity index (χ0n) is 18.1. The topological polar surface area (TPSA) is 80.3 Å². The molecule has 0 spiro atoms. The van der Waals surface area contributed by atoms with E-state index in [1.807, 2.05) is 60.7 Å². The van der Waals surface area contributed by atoms with Gasteiger partial charge in [-0.05, 0) is 31.2 Å². The molecule has 3 heterocycles. The summed E-state index contributed by atoms with van der Waals surface area (Å²) < 4.78 is 7.26. The van der Waals surface area contributed by atoms with Gasteiger partial charge in [-0.2, -0.15) is 9.78 Å². The minimum absolute atomic E-state index is 0.0169. The van der Waals surface area contributed by atoms with Crippen molar-refractivity contribution in [3.8, 4) is 17.1 Å². The first-order valence-corrected chi connectivity index (χ1v) is 11.2. The van der Waals surface area contributed by atoms with Crippen molar-refractivity contribution in [3.63, 3.8) is 0 Å². The summed E-state index contributed by atoms with van der Waals surface area (Å²) in [5.74, 6) is 1.11. The molecule has 8 nitrogen and oxygen atoms in total. The third-order valence-electron chi connectivity index (χ3n) is 5.92. The number of nitrogens with zero attached hydrogens (tertiary/aromatic N) is 6. The number of piperazine rings is 1. The van der Waals surface area contributed by atoms with E-state index in [4.69, 9.17) is 16.0 Å². The lowest BCUT2D eigenvalue weighted by atomic mass is 10.2. The normalized spacial score (nSPS) is 15.5. The SMILES string of the molecule is C[C@H](c1nnc(-c2ccccc2)o1)N1CCN(c2cnn(-c3ccccc3)c(=O)c2Cl)CC1. The summed E-state index contributed by atoms with van der Waals surface area (Å²) in [5, 5.41) is 13.0. The summed E-state index contributed by atoms with van der Waals surface area (Å²) >= 11 is 6.48. The van der Waals surface area contributed by atoms with Crippen LogP contribution in [-0.2, 0) is 0 Å². The lowest BCUT2D eigenvalue weighted by molar-refractivity contribution is 0.173. The molecule has 2 aromatic carbocycles. The summed E-state index contributed by atoms with van der Waals surface area (Å²) in [6.07, 6.45) is 1.67. The predicted molar refractivity (Wildman–Crippen MR) is 127 cm³/mol. The molecule has 0 N–H and O–H groups in total. The molecular weight excluding hydrogens is 440 g/mol. The van der Waals surface area contributed by atoms with Gasteiger partial charge >= 0.3 is 0 Å². The zero-order valence-corrected chi connectivity index (χ0v) is 18.9. The molecule has 33 heavy (non-hydrogen) atoms. The third-order valence-corrected chi connectivity index (χ3v) is 6.28. The highest BCUT2D eigenvalue weighted by Crippen LogP contribution is 2.27. The smallest absolute Gasteiger partial charge is 0.292 e. The molecule has 0 saturated carbocycles. The summed E-state index contributed by atoms with van der Waals surface area (Å²) in [4.78, 5) is 17.2. The van der Waals surface area contributed by atoms with Crippen LogP contribution >= 0.6 is 11.6 Å². The Hall–Kier alpha value is -3.49. The van der Waals surface area contributed by atoms with Gasteiger partial charge < -0.3 is 9.32 Å². The van der Waals surface area contributed by atoms with Crippen molar-refractivity contribution in [2.24, 2.45) is 0 Å². The highest BCUT2D eigenvalue weighted by Gasteiger charge is 2.27. The van der Waals surface area contributed by atoms with Crippen LogP contribution in [-0.4, -0.2) is 51.1 Å². The summed E-state index contributed by atoms with van der Waals surface area (Å²) in [6.45, 7) is 5.01. The van der Waals surface area contributed by atoms with Gasteiger partial charge in [-0.3, -0.25) is 9.69 Å². The molecule has 0 radical (unpaired) electrons. The van der Waals surface area contributed by atoms with Gasteiger partial charge in [-0.25, -0.2) is 0 Å². The number of benzene rings is 2. The van der Waals surface area contributed by atoms with Gasteiger partial charge in [-0.15, -0.1) is 10.2 Å². The lowest BCUT2D eigenvalue weighted by Crippen LogP contribution is -2.47. The molecule has 0 aliphatic carbocycles. The molecule has 1 fully saturated rings. The predicted octanol–water partition coefficient (Wildman–Crippen LogP) is 3.82. The van der Waals surface area contributed by atoms with Crippen molar-refractivity contribution in [1.29, 1.82) is 0 Å². The van der Waals surface area contributed by atoms with Gasteiger partial charge in [0.25, 0.3) is 5.56 Å². The quantitative estimate of drug-likeness (QED) is 0.446. The Kier molecular flexibility index (Phi) is 5.93. The molecule has 2 aromatic heterocycles. The van der Waals surface area contributed by atoms with E-state index in [-0.39, 0.29) is 16.6 Å². The number of anilines is 1. The van der Waals surface area contributed by atoms with Crippen LogP contribution in [0.5, 0.6) is 0 Å². The maximum Gasteiger partial charge on any atom is 0.292 e. The van der Waals surface area contributed by atoms with Crippen LogP contribution in [0, 0.1) is 0 Å². The minimum Gasteiger partial charge on any atom is -0.419 e. The molecule has 4 aromatic rings. The van der Waals surface area contributed by atoms with Crippen LogP contribution in [0.4, 0.5) is 5.69 Å². The molecule has 5 rings (SSSR count). The Bertz CT molecular complexity index is 1280. The van der Waals surface area contributed by atoms with Crippen LogP contribution < -0.4 is 10.5 Å². The third kappa shape index (κ3) is 4.27. The van der Waals surface area contributed by atoms with Crippen molar-refractivity contribution < 1.29 is 4.42 Å². The molecule has 0 unspecified atom stereocenters. The highest BCUT2D eigenvalue weighted by atomic mass is 35.5. The average Bonchev–Trinajstić information content (AvgIpc) is 3.37. The molecular formula is C24H23ClN6O2. The van der Waals surface area contributed by atoms with E-state index >= 15 is 0 Å². The molecule has 168 valence electrons. The molecule has 0 amide bonds. The zero-order chi connectivity index (χ0) is 22.8. The maximum atomic E-state index is 12.8. The van der Waals surface area contributed by atoms with Crippen molar-refractivity contribution in [1.82, 2.24) is 24.9 Å². The van der Waals surface area contributed by atoms with Gasteiger partial charge in [0.1, 0.15) is 5.02 Å². The fraction of sp³-hybridized carbons (Fsp3) is 0.250. The Morgan fingerprint density at radius 3 is 2.30 bits per heavy atom. The second kappa shape index (κ2) is 9.17.